The van der Waals surface area contributed by atoms with Crippen molar-refractivity contribution in [1.29, 1.82) is 0 Å². The van der Waals surface area contributed by atoms with Crippen LogP contribution in [0.3, 0.4) is 0 Å². The normalized spacial score (nSPS) is 13.7. The van der Waals surface area contributed by atoms with Gasteiger partial charge in [-0.2, -0.15) is 0 Å². The topological polar surface area (TPSA) is 74.4 Å². The van der Waals surface area contributed by atoms with E-state index in [0.717, 1.165) is 48.1 Å². The maximum Gasteiger partial charge on any atom is 0.272 e. The van der Waals surface area contributed by atoms with Gasteiger partial charge in [0.1, 0.15) is 11.4 Å². The van der Waals surface area contributed by atoms with Crippen LogP contribution < -0.4 is 10.1 Å². The van der Waals surface area contributed by atoms with Crippen LogP contribution in [-0.4, -0.2) is 41.4 Å². The molecule has 150 valence electrons. The number of aromatic nitrogens is 1. The van der Waals surface area contributed by atoms with Gasteiger partial charge in [-0.25, -0.2) is 0 Å². The number of hydrogen-bond donors (Lipinski definition) is 2. The van der Waals surface area contributed by atoms with Crippen LogP contribution in [0.5, 0.6) is 5.75 Å². The number of anilines is 1. The number of nitrogens with one attached hydrogen (secondary N) is 2. The largest absolute Gasteiger partial charge is 0.494 e. The van der Waals surface area contributed by atoms with E-state index in [-0.39, 0.29) is 11.8 Å². The van der Waals surface area contributed by atoms with Gasteiger partial charge >= 0.3 is 0 Å². The van der Waals surface area contributed by atoms with E-state index >= 15 is 0 Å². The molecule has 1 aliphatic rings. The minimum absolute atomic E-state index is 0.0326. The molecule has 0 atom stereocenters. The number of fused-ring (bicyclic) bond motifs is 1. The average Bonchev–Trinajstić information content (AvgIpc) is 3.39. The average molecular weight is 391 g/mol. The van der Waals surface area contributed by atoms with Gasteiger partial charge in [0.15, 0.2) is 0 Å². The molecule has 3 aromatic rings. The molecule has 6 nitrogen and oxygen atoms in total. The highest BCUT2D eigenvalue weighted by Crippen LogP contribution is 2.25. The number of rotatable bonds is 5. The van der Waals surface area contributed by atoms with Crippen LogP contribution in [0.15, 0.2) is 42.5 Å². The lowest BCUT2D eigenvalue weighted by molar-refractivity contribution is 0.0791. The second-order valence-corrected chi connectivity index (χ2v) is 7.30. The lowest BCUT2D eigenvalue weighted by atomic mass is 10.1. The summed E-state index contributed by atoms with van der Waals surface area (Å²) in [6.45, 7) is 5.99. The molecule has 2 amide bonds. The molecule has 0 radical (unpaired) electrons. The first-order valence-electron chi connectivity index (χ1n) is 10.0. The van der Waals surface area contributed by atoms with Gasteiger partial charge in [0.05, 0.1) is 6.61 Å². The predicted octanol–water partition coefficient (Wildman–Crippen LogP) is 4.36. The quantitative estimate of drug-likeness (QED) is 0.678. The van der Waals surface area contributed by atoms with E-state index in [4.69, 9.17) is 4.74 Å². The third-order valence-electron chi connectivity index (χ3n) is 5.36. The smallest absolute Gasteiger partial charge is 0.272 e. The van der Waals surface area contributed by atoms with Crippen LogP contribution in [0.4, 0.5) is 5.69 Å². The Bertz CT molecular complexity index is 1060. The van der Waals surface area contributed by atoms with E-state index in [0.29, 0.717) is 23.6 Å². The molecule has 2 N–H and O–H groups in total. The maximum absolute atomic E-state index is 12.8. The Balaban J connectivity index is 1.56. The highest BCUT2D eigenvalue weighted by molar-refractivity contribution is 6.07. The number of carbonyl (C=O) groups is 2. The SMILES string of the molecule is CCOc1ccc2cc(C(=O)Nc3cccc(C(=O)N4CCCC4)c3C)[nH]c2c1. The van der Waals surface area contributed by atoms with E-state index in [2.05, 4.69) is 10.3 Å². The first-order valence-corrected chi connectivity index (χ1v) is 10.0. The number of ether oxygens (including phenoxy) is 1. The van der Waals surface area contributed by atoms with Gasteiger partial charge in [-0.1, -0.05) is 6.07 Å². The summed E-state index contributed by atoms with van der Waals surface area (Å²) in [5, 5.41) is 3.88. The maximum atomic E-state index is 12.8. The number of likely N-dealkylation sites (tertiary alicyclic amines) is 1. The molecule has 0 bridgehead atoms. The highest BCUT2D eigenvalue weighted by Gasteiger charge is 2.22. The summed E-state index contributed by atoms with van der Waals surface area (Å²) in [6, 6.07) is 13.0. The van der Waals surface area contributed by atoms with Crippen molar-refractivity contribution in [1.82, 2.24) is 9.88 Å². The summed E-state index contributed by atoms with van der Waals surface area (Å²) < 4.78 is 5.52. The first kappa shape index (κ1) is 19.1. The van der Waals surface area contributed by atoms with Gasteiger partial charge in [0, 0.05) is 41.3 Å². The minimum atomic E-state index is -0.243. The van der Waals surface area contributed by atoms with Crippen LogP contribution in [0.25, 0.3) is 10.9 Å². The second kappa shape index (κ2) is 7.99. The van der Waals surface area contributed by atoms with Crippen molar-refractivity contribution in [3.05, 3.63) is 59.3 Å². The summed E-state index contributed by atoms with van der Waals surface area (Å²) in [4.78, 5) is 30.6. The Morgan fingerprint density at radius 2 is 1.93 bits per heavy atom. The summed E-state index contributed by atoms with van der Waals surface area (Å²) >= 11 is 0. The van der Waals surface area contributed by atoms with Crippen molar-refractivity contribution >= 4 is 28.4 Å². The lowest BCUT2D eigenvalue weighted by Gasteiger charge is -2.18. The number of nitrogens with zero attached hydrogens (tertiary/aromatic N) is 1. The number of carbonyl (C=O) groups excluding carboxylic acids is 2. The molecule has 0 aliphatic carbocycles. The van der Waals surface area contributed by atoms with Gasteiger partial charge in [-0.05, 0) is 62.6 Å². The first-order chi connectivity index (χ1) is 14.1. The predicted molar refractivity (Wildman–Crippen MR) is 114 cm³/mol. The van der Waals surface area contributed by atoms with E-state index < -0.39 is 0 Å². The summed E-state index contributed by atoms with van der Waals surface area (Å²) in [7, 11) is 0. The zero-order valence-corrected chi connectivity index (χ0v) is 16.7. The molecule has 0 saturated carbocycles. The zero-order chi connectivity index (χ0) is 20.4. The fraction of sp³-hybridized carbons (Fsp3) is 0.304. The minimum Gasteiger partial charge on any atom is -0.494 e. The molecule has 2 heterocycles. The highest BCUT2D eigenvalue weighted by atomic mass is 16.5. The van der Waals surface area contributed by atoms with Gasteiger partial charge < -0.3 is 19.9 Å². The van der Waals surface area contributed by atoms with Crippen LogP contribution in [-0.2, 0) is 0 Å². The summed E-state index contributed by atoms with van der Waals surface area (Å²) in [5.41, 5.74) is 3.38. The number of amides is 2. The van der Waals surface area contributed by atoms with Gasteiger partial charge in [0.25, 0.3) is 11.8 Å². The van der Waals surface area contributed by atoms with E-state index in [1.165, 1.54) is 0 Å². The van der Waals surface area contributed by atoms with Crippen molar-refractivity contribution in [2.45, 2.75) is 26.7 Å². The monoisotopic (exact) mass is 391 g/mol. The molecule has 1 saturated heterocycles. The third kappa shape index (κ3) is 3.83. The Morgan fingerprint density at radius 1 is 1.14 bits per heavy atom. The van der Waals surface area contributed by atoms with E-state index in [1.54, 1.807) is 0 Å². The number of hydrogen-bond acceptors (Lipinski definition) is 3. The second-order valence-electron chi connectivity index (χ2n) is 7.30. The number of H-pyrrole nitrogens is 1. The Labute approximate surface area is 169 Å². The molecular formula is C23H25N3O3. The fourth-order valence-corrected chi connectivity index (χ4v) is 3.77. The molecule has 1 fully saturated rings. The summed E-state index contributed by atoms with van der Waals surface area (Å²) in [5.74, 6) is 0.552. The van der Waals surface area contributed by atoms with Crippen LogP contribution in [0, 0.1) is 6.92 Å². The Morgan fingerprint density at radius 3 is 2.69 bits per heavy atom. The number of aromatic amines is 1. The zero-order valence-electron chi connectivity index (χ0n) is 16.7. The van der Waals surface area contributed by atoms with Crippen molar-refractivity contribution in [3.63, 3.8) is 0 Å². The third-order valence-corrected chi connectivity index (χ3v) is 5.36. The van der Waals surface area contributed by atoms with Gasteiger partial charge in [-0.3, -0.25) is 9.59 Å². The molecular weight excluding hydrogens is 366 g/mol. The standard InChI is InChI=1S/C23H25N3O3/c1-3-29-17-10-9-16-13-21(24-20(16)14-17)22(27)25-19-8-6-7-18(15(19)2)23(28)26-11-4-5-12-26/h6-10,13-14,24H,3-5,11-12H2,1-2H3,(H,25,27). The van der Waals surface area contributed by atoms with Crippen molar-refractivity contribution < 1.29 is 14.3 Å². The lowest BCUT2D eigenvalue weighted by Crippen LogP contribution is -2.28. The molecule has 6 heteroatoms. The van der Waals surface area contributed by atoms with Crippen molar-refractivity contribution in [3.8, 4) is 5.75 Å². The Kier molecular flexibility index (Phi) is 5.25. The van der Waals surface area contributed by atoms with Crippen LogP contribution >= 0.6 is 0 Å². The fourth-order valence-electron chi connectivity index (χ4n) is 3.77. The molecule has 29 heavy (non-hydrogen) atoms. The van der Waals surface area contributed by atoms with Crippen LogP contribution in [0.1, 0.15) is 46.2 Å². The number of benzene rings is 2. The van der Waals surface area contributed by atoms with E-state index in [1.807, 2.05) is 61.2 Å². The van der Waals surface area contributed by atoms with Crippen LogP contribution in [0.2, 0.25) is 0 Å². The summed E-state index contributed by atoms with van der Waals surface area (Å²) in [6.07, 6.45) is 2.10. The molecule has 0 unspecified atom stereocenters. The Hall–Kier alpha value is -3.28. The van der Waals surface area contributed by atoms with Crippen molar-refractivity contribution in [2.24, 2.45) is 0 Å². The molecule has 4 rings (SSSR count). The van der Waals surface area contributed by atoms with Crippen molar-refractivity contribution in [2.75, 3.05) is 25.0 Å². The molecule has 2 aromatic carbocycles. The van der Waals surface area contributed by atoms with Gasteiger partial charge in [0.2, 0.25) is 0 Å². The molecule has 1 aromatic heterocycles. The molecule has 0 spiro atoms. The van der Waals surface area contributed by atoms with Gasteiger partial charge in [-0.15, -0.1) is 0 Å². The van der Waals surface area contributed by atoms with E-state index in [9.17, 15) is 9.59 Å². The molecule has 1 aliphatic heterocycles.